The van der Waals surface area contributed by atoms with Gasteiger partial charge in [0.15, 0.2) is 0 Å². The molecule has 2 N–H and O–H groups in total. The average molecular weight is 808 g/mol. The Morgan fingerprint density at radius 3 is 1.55 bits per heavy atom. The number of halogens is 5. The number of nitrogens with one attached hydrogen (secondary N) is 2. The standard InChI is InChI=1S/C32H46F5N11O8/c33-26-27(34)29(36)31(30(37)28(26)35)56-25(50)10-15-53-17-19-55-21-20-54-18-16-52-14-9-22(6-1-3-11-41-46-38)44-32(51)23(7-2-4-12-42-47-39)45-24(49)8-5-13-43-48-40/h22-23H,1-21H2,(H,44,51)(H,45,49)/t22-,23-/m1/s1. The lowest BCUT2D eigenvalue weighted by atomic mass is 10.0. The number of unbranched alkanes of at least 4 members (excludes halogenated alkanes) is 2. The Kier molecular flexibility index (Phi) is 27.4. The van der Waals surface area contributed by atoms with E-state index in [1.807, 2.05) is 0 Å². The Hall–Kier alpha value is -4.95. The van der Waals surface area contributed by atoms with Crippen LogP contribution in [-0.2, 0) is 33.3 Å². The molecule has 0 spiro atoms. The Balaban J connectivity index is 2.38. The summed E-state index contributed by atoms with van der Waals surface area (Å²) in [5.41, 5.74) is 25.4. The van der Waals surface area contributed by atoms with Gasteiger partial charge in [-0.1, -0.05) is 28.2 Å². The van der Waals surface area contributed by atoms with Crippen LogP contribution in [0.1, 0.15) is 64.2 Å². The maximum Gasteiger partial charge on any atom is 0.313 e. The number of esters is 1. The molecular formula is C32H46F5N11O8. The number of amides is 2. The molecule has 1 aromatic rings. The molecule has 0 saturated heterocycles. The van der Waals surface area contributed by atoms with Gasteiger partial charge >= 0.3 is 5.97 Å². The van der Waals surface area contributed by atoms with Crippen LogP contribution in [0.4, 0.5) is 22.0 Å². The second-order valence-corrected chi connectivity index (χ2v) is 11.6. The highest BCUT2D eigenvalue weighted by molar-refractivity contribution is 5.87. The maximum atomic E-state index is 13.6. The summed E-state index contributed by atoms with van der Waals surface area (Å²) in [6.45, 7) is 1.68. The van der Waals surface area contributed by atoms with Crippen molar-refractivity contribution >= 4 is 17.8 Å². The Labute approximate surface area is 318 Å². The molecule has 0 aromatic heterocycles. The topological polar surface area (TPSA) is 268 Å². The van der Waals surface area contributed by atoms with E-state index < -0.39 is 53.3 Å². The van der Waals surface area contributed by atoms with Crippen LogP contribution in [0.3, 0.4) is 0 Å². The van der Waals surface area contributed by atoms with Crippen molar-refractivity contribution < 1.29 is 60.0 Å². The Bertz CT molecular complexity index is 1480. The minimum absolute atomic E-state index is 0.0194. The number of azide groups is 3. The van der Waals surface area contributed by atoms with Gasteiger partial charge in [-0.2, -0.15) is 8.78 Å². The van der Waals surface area contributed by atoms with Gasteiger partial charge in [0.05, 0.1) is 52.7 Å². The highest BCUT2D eigenvalue weighted by Gasteiger charge is 2.28. The number of benzene rings is 1. The summed E-state index contributed by atoms with van der Waals surface area (Å²) in [7, 11) is 0. The predicted molar refractivity (Wildman–Crippen MR) is 187 cm³/mol. The third kappa shape index (κ3) is 21.8. The summed E-state index contributed by atoms with van der Waals surface area (Å²) in [5.74, 6) is -15.1. The number of ether oxygens (including phenoxy) is 5. The molecule has 0 fully saturated rings. The summed E-state index contributed by atoms with van der Waals surface area (Å²) in [5, 5.41) is 16.1. The van der Waals surface area contributed by atoms with Crippen LogP contribution in [0, 0.1) is 29.1 Å². The van der Waals surface area contributed by atoms with E-state index in [-0.39, 0.29) is 90.2 Å². The molecule has 0 aliphatic carbocycles. The van der Waals surface area contributed by atoms with Crippen molar-refractivity contribution in [2.24, 2.45) is 15.3 Å². The van der Waals surface area contributed by atoms with Crippen molar-refractivity contribution in [2.75, 3.05) is 72.5 Å². The molecular weight excluding hydrogens is 761 g/mol. The first-order valence-electron chi connectivity index (χ1n) is 17.7. The van der Waals surface area contributed by atoms with Crippen molar-refractivity contribution in [2.45, 2.75) is 76.3 Å². The van der Waals surface area contributed by atoms with Gasteiger partial charge in [0.25, 0.3) is 0 Å². The number of hydrogen-bond acceptors (Lipinski definition) is 11. The van der Waals surface area contributed by atoms with E-state index in [4.69, 9.17) is 35.5 Å². The predicted octanol–water partition coefficient (Wildman–Crippen LogP) is 6.16. The molecule has 1 rings (SSSR count). The van der Waals surface area contributed by atoms with Gasteiger partial charge in [-0.25, -0.2) is 13.2 Å². The number of hydrogen-bond donors (Lipinski definition) is 2. The molecule has 2 atom stereocenters. The minimum Gasteiger partial charge on any atom is -0.420 e. The van der Waals surface area contributed by atoms with Crippen LogP contribution < -0.4 is 15.4 Å². The number of rotatable bonds is 33. The summed E-state index contributed by atoms with van der Waals surface area (Å²) < 4.78 is 92.6. The van der Waals surface area contributed by atoms with E-state index in [1.54, 1.807) is 0 Å². The van der Waals surface area contributed by atoms with Crippen molar-refractivity contribution in [1.29, 1.82) is 0 Å². The quantitative estimate of drug-likeness (QED) is 0.00954. The van der Waals surface area contributed by atoms with E-state index >= 15 is 0 Å². The average Bonchev–Trinajstić information content (AvgIpc) is 3.18. The smallest absolute Gasteiger partial charge is 0.313 e. The summed E-state index contributed by atoms with van der Waals surface area (Å²) in [4.78, 5) is 45.6. The van der Waals surface area contributed by atoms with Crippen molar-refractivity contribution in [3.63, 3.8) is 0 Å². The second-order valence-electron chi connectivity index (χ2n) is 11.6. The Morgan fingerprint density at radius 1 is 0.554 bits per heavy atom. The normalized spacial score (nSPS) is 11.7. The molecule has 0 unspecified atom stereocenters. The fourth-order valence-corrected chi connectivity index (χ4v) is 4.66. The molecule has 2 amide bonds. The summed E-state index contributed by atoms with van der Waals surface area (Å²) >= 11 is 0. The molecule has 0 aliphatic heterocycles. The molecule has 0 aliphatic rings. The number of carbonyl (C=O) groups is 3. The molecule has 0 bridgehead atoms. The summed E-state index contributed by atoms with van der Waals surface area (Å²) in [6, 6.07) is -1.17. The van der Waals surface area contributed by atoms with E-state index in [9.17, 15) is 36.3 Å². The third-order valence-corrected chi connectivity index (χ3v) is 7.47. The van der Waals surface area contributed by atoms with Gasteiger partial charge in [-0.05, 0) is 55.1 Å². The summed E-state index contributed by atoms with van der Waals surface area (Å²) in [6.07, 6.45) is 3.44. The zero-order valence-electron chi connectivity index (χ0n) is 30.7. The molecule has 0 saturated carbocycles. The van der Waals surface area contributed by atoms with Gasteiger partial charge < -0.3 is 34.3 Å². The van der Waals surface area contributed by atoms with Gasteiger partial charge in [0.1, 0.15) is 6.04 Å². The molecule has 1 aromatic carbocycles. The first-order valence-corrected chi connectivity index (χ1v) is 17.7. The van der Waals surface area contributed by atoms with Crippen LogP contribution in [0.25, 0.3) is 31.3 Å². The largest absolute Gasteiger partial charge is 0.420 e. The zero-order chi connectivity index (χ0) is 41.4. The van der Waals surface area contributed by atoms with Crippen molar-refractivity contribution in [3.05, 3.63) is 60.4 Å². The molecule has 56 heavy (non-hydrogen) atoms. The van der Waals surface area contributed by atoms with Gasteiger partial charge in [-0.15, -0.1) is 0 Å². The van der Waals surface area contributed by atoms with Crippen LogP contribution in [0.15, 0.2) is 15.3 Å². The lowest BCUT2D eigenvalue weighted by molar-refractivity contribution is -0.136. The highest BCUT2D eigenvalue weighted by atomic mass is 19.2. The number of carbonyl (C=O) groups excluding carboxylic acids is 3. The van der Waals surface area contributed by atoms with Crippen LogP contribution >= 0.6 is 0 Å². The van der Waals surface area contributed by atoms with E-state index in [1.165, 1.54) is 0 Å². The zero-order valence-corrected chi connectivity index (χ0v) is 30.7. The lowest BCUT2D eigenvalue weighted by Gasteiger charge is -2.24. The third-order valence-electron chi connectivity index (χ3n) is 7.47. The number of nitrogens with zero attached hydrogens (tertiary/aromatic N) is 9. The molecule has 0 heterocycles. The molecule has 312 valence electrons. The first-order chi connectivity index (χ1) is 27.1. The van der Waals surface area contributed by atoms with Crippen molar-refractivity contribution in [1.82, 2.24) is 10.6 Å². The van der Waals surface area contributed by atoms with Crippen LogP contribution in [0.2, 0.25) is 0 Å². The van der Waals surface area contributed by atoms with Gasteiger partial charge in [-0.3, -0.25) is 14.4 Å². The van der Waals surface area contributed by atoms with E-state index in [0.717, 1.165) is 0 Å². The van der Waals surface area contributed by atoms with Gasteiger partial charge in [0, 0.05) is 53.4 Å². The lowest BCUT2D eigenvalue weighted by Crippen LogP contribution is -2.50. The molecule has 19 nitrogen and oxygen atoms in total. The van der Waals surface area contributed by atoms with Crippen LogP contribution in [-0.4, -0.2) is 102 Å². The van der Waals surface area contributed by atoms with Crippen LogP contribution in [0.5, 0.6) is 5.75 Å². The van der Waals surface area contributed by atoms with E-state index in [2.05, 4.69) is 45.4 Å². The molecule has 0 radical (unpaired) electrons. The van der Waals surface area contributed by atoms with Gasteiger partial charge in [0.2, 0.25) is 46.6 Å². The van der Waals surface area contributed by atoms with Crippen molar-refractivity contribution in [3.8, 4) is 5.75 Å². The second kappa shape index (κ2) is 31.3. The minimum atomic E-state index is -2.37. The SMILES string of the molecule is [N-]=[N+]=NCCCC[C@H](CCOCCOCCOCCOCCC(=O)Oc1c(F)c(F)c(F)c(F)c1F)NC(=O)[C@@H](CCCCN=[N+]=[N-])NC(=O)CCCN=[N+]=[N-]. The maximum absolute atomic E-state index is 13.6. The fraction of sp³-hybridized carbons (Fsp3) is 0.719. The molecule has 24 heteroatoms. The van der Waals surface area contributed by atoms with E-state index in [0.29, 0.717) is 57.9 Å². The Morgan fingerprint density at radius 2 is 1.02 bits per heavy atom. The fourth-order valence-electron chi connectivity index (χ4n) is 4.66. The highest BCUT2D eigenvalue weighted by Crippen LogP contribution is 2.29. The first kappa shape index (κ1) is 49.1. The monoisotopic (exact) mass is 807 g/mol.